The molecule has 2 heterocycles. The van der Waals surface area contributed by atoms with Crippen molar-refractivity contribution < 1.29 is 9.13 Å². The lowest BCUT2D eigenvalue weighted by atomic mass is 10.2. The zero-order chi connectivity index (χ0) is 9.26. The van der Waals surface area contributed by atoms with Gasteiger partial charge in [0.15, 0.2) is 12.0 Å². The third-order valence-electron chi connectivity index (χ3n) is 2.41. The Hall–Kier alpha value is -0.900. The van der Waals surface area contributed by atoms with E-state index in [2.05, 4.69) is 5.10 Å². The lowest BCUT2D eigenvalue weighted by molar-refractivity contribution is -0.0408. The van der Waals surface area contributed by atoms with Crippen LogP contribution in [0.3, 0.4) is 0 Å². The molecule has 2 rings (SSSR count). The first-order chi connectivity index (χ1) is 6.29. The number of hydrogen-bond acceptors (Lipinski definition) is 2. The van der Waals surface area contributed by atoms with Crippen LogP contribution in [0.15, 0.2) is 6.20 Å². The van der Waals surface area contributed by atoms with Crippen LogP contribution in [0.4, 0.5) is 4.39 Å². The minimum absolute atomic E-state index is 0.0572. The van der Waals surface area contributed by atoms with Crippen molar-refractivity contribution in [1.82, 2.24) is 9.78 Å². The highest BCUT2D eigenvalue weighted by Crippen LogP contribution is 2.23. The summed E-state index contributed by atoms with van der Waals surface area (Å²) in [6.45, 7) is 2.48. The molecule has 1 aliphatic heterocycles. The van der Waals surface area contributed by atoms with Gasteiger partial charge in [0.2, 0.25) is 0 Å². The van der Waals surface area contributed by atoms with Crippen LogP contribution in [0.25, 0.3) is 0 Å². The second-order valence-electron chi connectivity index (χ2n) is 3.34. The zero-order valence-corrected chi connectivity index (χ0v) is 7.66. The highest BCUT2D eigenvalue weighted by atomic mass is 19.1. The molecule has 0 N–H and O–H groups in total. The number of aromatic nitrogens is 2. The Bertz CT molecular complexity index is 292. The standard InChI is InChI=1S/C9H13FN2O/c1-7-8(10)6-11-12(7)9-4-2-3-5-13-9/h6,9H,2-5H2,1H3. The summed E-state index contributed by atoms with van der Waals surface area (Å²) in [5.41, 5.74) is 0.562. The molecule has 1 fully saturated rings. The van der Waals surface area contributed by atoms with Crippen LogP contribution in [-0.2, 0) is 4.74 Å². The molecule has 0 saturated carbocycles. The lowest BCUT2D eigenvalue weighted by Crippen LogP contribution is -2.20. The number of nitrogens with zero attached hydrogens (tertiary/aromatic N) is 2. The fraction of sp³-hybridized carbons (Fsp3) is 0.667. The fourth-order valence-electron chi connectivity index (χ4n) is 1.61. The molecular weight excluding hydrogens is 171 g/mol. The van der Waals surface area contributed by atoms with E-state index in [0.29, 0.717) is 5.69 Å². The maximum absolute atomic E-state index is 13.0. The maximum atomic E-state index is 13.0. The third-order valence-corrected chi connectivity index (χ3v) is 2.41. The van der Waals surface area contributed by atoms with Gasteiger partial charge in [-0.2, -0.15) is 5.10 Å². The summed E-state index contributed by atoms with van der Waals surface area (Å²) in [6.07, 6.45) is 4.35. The van der Waals surface area contributed by atoms with Gasteiger partial charge in [0, 0.05) is 6.61 Å². The van der Waals surface area contributed by atoms with Crippen molar-refractivity contribution in [3.8, 4) is 0 Å². The molecular formula is C9H13FN2O. The van der Waals surface area contributed by atoms with E-state index in [-0.39, 0.29) is 12.0 Å². The van der Waals surface area contributed by atoms with E-state index in [9.17, 15) is 4.39 Å². The Morgan fingerprint density at radius 1 is 1.62 bits per heavy atom. The van der Waals surface area contributed by atoms with Crippen molar-refractivity contribution in [2.45, 2.75) is 32.4 Å². The SMILES string of the molecule is Cc1c(F)cnn1C1CCCCO1. The van der Waals surface area contributed by atoms with Gasteiger partial charge in [0.05, 0.1) is 11.9 Å². The van der Waals surface area contributed by atoms with Crippen LogP contribution in [-0.4, -0.2) is 16.4 Å². The lowest BCUT2D eigenvalue weighted by Gasteiger charge is -2.23. The van der Waals surface area contributed by atoms with Gasteiger partial charge >= 0.3 is 0 Å². The molecule has 1 aromatic heterocycles. The number of rotatable bonds is 1. The number of ether oxygens (including phenoxy) is 1. The minimum atomic E-state index is -0.255. The summed E-state index contributed by atoms with van der Waals surface area (Å²) in [6, 6.07) is 0. The molecule has 1 saturated heterocycles. The highest BCUT2D eigenvalue weighted by Gasteiger charge is 2.19. The van der Waals surface area contributed by atoms with Crippen molar-refractivity contribution in [1.29, 1.82) is 0 Å². The molecule has 0 bridgehead atoms. The Morgan fingerprint density at radius 2 is 2.46 bits per heavy atom. The van der Waals surface area contributed by atoms with Gasteiger partial charge < -0.3 is 4.74 Å². The molecule has 1 aliphatic rings. The third kappa shape index (κ3) is 1.58. The molecule has 1 aromatic rings. The van der Waals surface area contributed by atoms with Gasteiger partial charge in [0.1, 0.15) is 0 Å². The second kappa shape index (κ2) is 3.46. The quantitative estimate of drug-likeness (QED) is 0.667. The molecule has 4 heteroatoms. The van der Waals surface area contributed by atoms with E-state index >= 15 is 0 Å². The summed E-state index contributed by atoms with van der Waals surface area (Å²) >= 11 is 0. The summed E-state index contributed by atoms with van der Waals surface area (Å²) in [5, 5.41) is 3.96. The predicted molar refractivity (Wildman–Crippen MR) is 45.8 cm³/mol. The number of hydrogen-bond donors (Lipinski definition) is 0. The topological polar surface area (TPSA) is 27.1 Å². The molecule has 0 amide bonds. The van der Waals surface area contributed by atoms with Crippen LogP contribution in [0.5, 0.6) is 0 Å². The van der Waals surface area contributed by atoms with Crippen LogP contribution in [0.1, 0.15) is 31.2 Å². The van der Waals surface area contributed by atoms with E-state index in [1.165, 1.54) is 6.20 Å². The summed E-state index contributed by atoms with van der Waals surface area (Å²) in [5.74, 6) is -0.255. The number of halogens is 1. The monoisotopic (exact) mass is 184 g/mol. The van der Waals surface area contributed by atoms with Crippen molar-refractivity contribution in [2.75, 3.05) is 6.61 Å². The van der Waals surface area contributed by atoms with E-state index in [0.717, 1.165) is 25.9 Å². The summed E-state index contributed by atoms with van der Waals surface area (Å²) in [4.78, 5) is 0. The van der Waals surface area contributed by atoms with E-state index in [4.69, 9.17) is 4.74 Å². The Kier molecular flexibility index (Phi) is 2.31. The van der Waals surface area contributed by atoms with Crippen LogP contribution in [0, 0.1) is 12.7 Å². The minimum Gasteiger partial charge on any atom is -0.357 e. The van der Waals surface area contributed by atoms with Gasteiger partial charge in [0.25, 0.3) is 0 Å². The van der Waals surface area contributed by atoms with Gasteiger partial charge in [-0.25, -0.2) is 9.07 Å². The second-order valence-corrected chi connectivity index (χ2v) is 3.34. The van der Waals surface area contributed by atoms with E-state index in [1.807, 2.05) is 0 Å². The first-order valence-corrected chi connectivity index (χ1v) is 4.60. The Morgan fingerprint density at radius 3 is 3.00 bits per heavy atom. The molecule has 0 radical (unpaired) electrons. The van der Waals surface area contributed by atoms with E-state index < -0.39 is 0 Å². The first kappa shape index (κ1) is 8.69. The molecule has 1 unspecified atom stereocenters. The largest absolute Gasteiger partial charge is 0.357 e. The van der Waals surface area contributed by atoms with Crippen molar-refractivity contribution in [3.63, 3.8) is 0 Å². The maximum Gasteiger partial charge on any atom is 0.164 e. The van der Waals surface area contributed by atoms with Crippen molar-refractivity contribution >= 4 is 0 Å². The molecule has 0 aliphatic carbocycles. The predicted octanol–water partition coefficient (Wildman–Crippen LogP) is 2.03. The van der Waals surface area contributed by atoms with Gasteiger partial charge in [-0.1, -0.05) is 0 Å². The fourth-order valence-corrected chi connectivity index (χ4v) is 1.61. The smallest absolute Gasteiger partial charge is 0.164 e. The zero-order valence-electron chi connectivity index (χ0n) is 7.66. The van der Waals surface area contributed by atoms with Crippen molar-refractivity contribution in [2.24, 2.45) is 0 Å². The molecule has 0 aromatic carbocycles. The van der Waals surface area contributed by atoms with Crippen molar-refractivity contribution in [3.05, 3.63) is 17.7 Å². The first-order valence-electron chi connectivity index (χ1n) is 4.60. The molecule has 1 atom stereocenters. The average molecular weight is 184 g/mol. The Labute approximate surface area is 76.5 Å². The average Bonchev–Trinajstić information content (AvgIpc) is 2.49. The Balaban J connectivity index is 2.18. The molecule has 72 valence electrons. The molecule has 0 spiro atoms. The molecule has 13 heavy (non-hydrogen) atoms. The van der Waals surface area contributed by atoms with Gasteiger partial charge in [-0.3, -0.25) is 0 Å². The van der Waals surface area contributed by atoms with E-state index in [1.54, 1.807) is 11.6 Å². The summed E-state index contributed by atoms with van der Waals surface area (Å²) < 4.78 is 20.1. The van der Waals surface area contributed by atoms with Crippen LogP contribution in [0.2, 0.25) is 0 Å². The molecule has 3 nitrogen and oxygen atoms in total. The van der Waals surface area contributed by atoms with Gasteiger partial charge in [-0.15, -0.1) is 0 Å². The van der Waals surface area contributed by atoms with Crippen LogP contribution >= 0.6 is 0 Å². The summed E-state index contributed by atoms with van der Waals surface area (Å²) in [7, 11) is 0. The van der Waals surface area contributed by atoms with Crippen LogP contribution < -0.4 is 0 Å². The highest BCUT2D eigenvalue weighted by molar-refractivity contribution is 5.01. The van der Waals surface area contributed by atoms with Gasteiger partial charge in [-0.05, 0) is 26.2 Å². The normalized spacial score (nSPS) is 23.4.